The Labute approximate surface area is 178 Å². The molecule has 1 aliphatic rings. The zero-order chi connectivity index (χ0) is 21.6. The molecule has 3 rings (SSSR count). The molecule has 1 amide bonds. The largest absolute Gasteiger partial charge is 0.497 e. The first-order valence-corrected chi connectivity index (χ1v) is 11.5. The molecule has 0 saturated carbocycles. The van der Waals surface area contributed by atoms with Crippen LogP contribution in [0.25, 0.3) is 0 Å². The second-order valence-electron chi connectivity index (χ2n) is 7.18. The van der Waals surface area contributed by atoms with Crippen LogP contribution in [0, 0.1) is 5.92 Å². The molecule has 7 nitrogen and oxygen atoms in total. The Morgan fingerprint density at radius 2 is 1.93 bits per heavy atom. The summed E-state index contributed by atoms with van der Waals surface area (Å²) in [5.74, 6) is 0.852. The Balaban J connectivity index is 1.62. The zero-order valence-electron chi connectivity index (χ0n) is 17.3. The summed E-state index contributed by atoms with van der Waals surface area (Å²) in [5, 5.41) is 2.93. The lowest BCUT2D eigenvalue weighted by molar-refractivity contribution is -0.126. The number of ether oxygens (including phenoxy) is 2. The molecular weight excluding hydrogens is 404 g/mol. The molecule has 0 aromatic heterocycles. The minimum atomic E-state index is -3.65. The molecule has 1 N–H and O–H groups in total. The van der Waals surface area contributed by atoms with Gasteiger partial charge in [-0.3, -0.25) is 4.79 Å². The van der Waals surface area contributed by atoms with Crippen molar-refractivity contribution < 1.29 is 22.7 Å². The number of nitrogens with zero attached hydrogens (tertiary/aromatic N) is 1. The van der Waals surface area contributed by atoms with Gasteiger partial charge in [-0.1, -0.05) is 12.1 Å². The third kappa shape index (κ3) is 5.31. The Bertz CT molecular complexity index is 960. The van der Waals surface area contributed by atoms with Crippen molar-refractivity contribution in [3.8, 4) is 11.5 Å². The lowest BCUT2D eigenvalue weighted by Gasteiger charge is -2.31. The van der Waals surface area contributed by atoms with Gasteiger partial charge in [0.2, 0.25) is 15.9 Å². The van der Waals surface area contributed by atoms with Crippen molar-refractivity contribution in [3.05, 3.63) is 54.1 Å². The highest BCUT2D eigenvalue weighted by atomic mass is 32.2. The van der Waals surface area contributed by atoms with E-state index in [0.717, 1.165) is 11.3 Å². The summed E-state index contributed by atoms with van der Waals surface area (Å²) in [6.07, 6.45) is 1.31. The van der Waals surface area contributed by atoms with E-state index in [1.54, 1.807) is 12.1 Å². The molecule has 0 radical (unpaired) electrons. The summed E-state index contributed by atoms with van der Waals surface area (Å²) in [6, 6.07) is 13.9. The number of piperidine rings is 1. The predicted molar refractivity (Wildman–Crippen MR) is 114 cm³/mol. The molecule has 2 aromatic rings. The van der Waals surface area contributed by atoms with Crippen LogP contribution in [0.15, 0.2) is 53.4 Å². The molecule has 1 aliphatic heterocycles. The molecule has 162 valence electrons. The zero-order valence-corrected chi connectivity index (χ0v) is 18.2. The molecule has 1 heterocycles. The molecule has 1 fully saturated rings. The molecular formula is C22H28N2O5S. The van der Waals surface area contributed by atoms with Crippen LogP contribution in [-0.2, 0) is 21.4 Å². The standard InChI is InChI=1S/C22H28N2O5S/c1-3-29-20-8-4-6-17(14-20)15-23-22(25)18-7-5-13-24(16-18)30(26,27)21-11-9-19(28-2)10-12-21/h4,6,8-12,14,18H,3,5,7,13,15-16H2,1-2H3,(H,23,25)/t18-/m1/s1. The first-order chi connectivity index (χ1) is 14.4. The second kappa shape index (κ2) is 9.95. The van der Waals surface area contributed by atoms with E-state index >= 15 is 0 Å². The summed E-state index contributed by atoms with van der Waals surface area (Å²) in [7, 11) is -2.12. The van der Waals surface area contributed by atoms with Gasteiger partial charge in [0.15, 0.2) is 0 Å². The Morgan fingerprint density at radius 1 is 1.17 bits per heavy atom. The summed E-state index contributed by atoms with van der Waals surface area (Å²) < 4.78 is 37.9. The topological polar surface area (TPSA) is 84.9 Å². The van der Waals surface area contributed by atoms with Crippen molar-refractivity contribution in [2.24, 2.45) is 5.92 Å². The SMILES string of the molecule is CCOc1cccc(CNC(=O)[C@@H]2CCCN(S(=O)(=O)c3ccc(OC)cc3)C2)c1. The van der Waals surface area contributed by atoms with Crippen LogP contribution in [0.4, 0.5) is 0 Å². The third-order valence-electron chi connectivity index (χ3n) is 5.13. The van der Waals surface area contributed by atoms with Crippen LogP contribution in [0.5, 0.6) is 11.5 Å². The van der Waals surface area contributed by atoms with Crippen molar-refractivity contribution >= 4 is 15.9 Å². The molecule has 30 heavy (non-hydrogen) atoms. The van der Waals surface area contributed by atoms with Gasteiger partial charge in [0, 0.05) is 19.6 Å². The van der Waals surface area contributed by atoms with Crippen LogP contribution in [0.2, 0.25) is 0 Å². The highest BCUT2D eigenvalue weighted by Crippen LogP contribution is 2.25. The van der Waals surface area contributed by atoms with E-state index in [1.165, 1.54) is 23.5 Å². The number of benzene rings is 2. The summed E-state index contributed by atoms with van der Waals surface area (Å²) >= 11 is 0. The van der Waals surface area contributed by atoms with E-state index < -0.39 is 10.0 Å². The van der Waals surface area contributed by atoms with Crippen LogP contribution in [-0.4, -0.2) is 45.4 Å². The third-order valence-corrected chi connectivity index (χ3v) is 7.01. The van der Waals surface area contributed by atoms with Gasteiger partial charge in [-0.2, -0.15) is 4.31 Å². The van der Waals surface area contributed by atoms with Gasteiger partial charge in [0.05, 0.1) is 24.5 Å². The number of hydrogen-bond acceptors (Lipinski definition) is 5. The predicted octanol–water partition coefficient (Wildman–Crippen LogP) is 2.81. The van der Waals surface area contributed by atoms with Crippen molar-refractivity contribution in [1.29, 1.82) is 0 Å². The van der Waals surface area contributed by atoms with Crippen molar-refractivity contribution in [2.75, 3.05) is 26.8 Å². The summed E-state index contributed by atoms with van der Waals surface area (Å²) in [6.45, 7) is 3.47. The number of rotatable bonds is 8. The Morgan fingerprint density at radius 3 is 2.63 bits per heavy atom. The van der Waals surface area contributed by atoms with E-state index in [2.05, 4.69) is 5.32 Å². The fourth-order valence-electron chi connectivity index (χ4n) is 3.52. The Hall–Kier alpha value is -2.58. The van der Waals surface area contributed by atoms with Crippen molar-refractivity contribution in [2.45, 2.75) is 31.2 Å². The van der Waals surface area contributed by atoms with E-state index in [4.69, 9.17) is 9.47 Å². The monoisotopic (exact) mass is 432 g/mol. The van der Waals surface area contributed by atoms with Crippen LogP contribution < -0.4 is 14.8 Å². The molecule has 0 bridgehead atoms. The first kappa shape index (κ1) is 22.1. The second-order valence-corrected chi connectivity index (χ2v) is 9.11. The van der Waals surface area contributed by atoms with E-state index in [9.17, 15) is 13.2 Å². The maximum atomic E-state index is 13.0. The number of methoxy groups -OCH3 is 1. The quantitative estimate of drug-likeness (QED) is 0.693. The highest BCUT2D eigenvalue weighted by Gasteiger charge is 2.33. The molecule has 0 spiro atoms. The van der Waals surface area contributed by atoms with E-state index in [1.807, 2.05) is 31.2 Å². The van der Waals surface area contributed by atoms with E-state index in [-0.39, 0.29) is 23.3 Å². The number of hydrogen-bond donors (Lipinski definition) is 1. The smallest absolute Gasteiger partial charge is 0.243 e. The maximum Gasteiger partial charge on any atom is 0.243 e. The number of nitrogens with one attached hydrogen (secondary N) is 1. The average Bonchev–Trinajstić information content (AvgIpc) is 2.78. The minimum Gasteiger partial charge on any atom is -0.497 e. The van der Waals surface area contributed by atoms with Crippen molar-refractivity contribution in [1.82, 2.24) is 9.62 Å². The van der Waals surface area contributed by atoms with Gasteiger partial charge in [-0.15, -0.1) is 0 Å². The molecule has 1 saturated heterocycles. The first-order valence-electron chi connectivity index (χ1n) is 10.1. The normalized spacial score (nSPS) is 17.3. The number of carbonyl (C=O) groups excluding carboxylic acids is 1. The van der Waals surface area contributed by atoms with Gasteiger partial charge in [-0.25, -0.2) is 8.42 Å². The summed E-state index contributed by atoms with van der Waals surface area (Å²) in [4.78, 5) is 12.9. The fraction of sp³-hybridized carbons (Fsp3) is 0.409. The maximum absolute atomic E-state index is 13.0. The minimum absolute atomic E-state index is 0.133. The lowest BCUT2D eigenvalue weighted by Crippen LogP contribution is -2.45. The molecule has 0 aliphatic carbocycles. The molecule has 1 atom stereocenters. The number of carbonyl (C=O) groups is 1. The number of sulfonamides is 1. The van der Waals surface area contributed by atoms with Gasteiger partial charge in [0.25, 0.3) is 0 Å². The fourth-order valence-corrected chi connectivity index (χ4v) is 5.04. The van der Waals surface area contributed by atoms with Crippen LogP contribution in [0.3, 0.4) is 0 Å². The van der Waals surface area contributed by atoms with Gasteiger partial charge in [0.1, 0.15) is 11.5 Å². The van der Waals surface area contributed by atoms with Crippen LogP contribution >= 0.6 is 0 Å². The van der Waals surface area contributed by atoms with Crippen molar-refractivity contribution in [3.63, 3.8) is 0 Å². The average molecular weight is 433 g/mol. The Kier molecular flexibility index (Phi) is 7.33. The molecule has 2 aromatic carbocycles. The van der Waals surface area contributed by atoms with Gasteiger partial charge < -0.3 is 14.8 Å². The highest BCUT2D eigenvalue weighted by molar-refractivity contribution is 7.89. The lowest BCUT2D eigenvalue weighted by atomic mass is 9.99. The van der Waals surface area contributed by atoms with E-state index in [0.29, 0.717) is 38.3 Å². The van der Waals surface area contributed by atoms with Crippen LogP contribution in [0.1, 0.15) is 25.3 Å². The summed E-state index contributed by atoms with van der Waals surface area (Å²) in [5.41, 5.74) is 0.938. The molecule has 0 unspecified atom stereocenters. The van der Waals surface area contributed by atoms with Gasteiger partial charge >= 0.3 is 0 Å². The number of amides is 1. The van der Waals surface area contributed by atoms with Gasteiger partial charge in [-0.05, 0) is 61.7 Å². The molecule has 8 heteroatoms.